The number of imidazole rings is 1. The number of nitrogens with two attached hydrogens (primary N) is 1. The van der Waals surface area contributed by atoms with Crippen LogP contribution >= 0.6 is 22.4 Å². The fourth-order valence-corrected chi connectivity index (χ4v) is 7.59. The molecule has 2 unspecified atom stereocenters. The Morgan fingerprint density at radius 2 is 1.85 bits per heavy atom. The third-order valence-corrected chi connectivity index (χ3v) is 9.85. The van der Waals surface area contributed by atoms with E-state index in [0.717, 1.165) is 6.33 Å². The molecule has 1 aromatic carbocycles. The average molecular weight is 656 g/mol. The molecule has 19 nitrogen and oxygen atoms in total. The number of aromatic nitrogens is 4. The van der Waals surface area contributed by atoms with E-state index in [4.69, 9.17) is 25.0 Å². The van der Waals surface area contributed by atoms with Crippen LogP contribution in [-0.2, 0) is 43.6 Å². The van der Waals surface area contributed by atoms with Gasteiger partial charge in [0.05, 0.1) is 18.5 Å². The van der Waals surface area contributed by atoms with Crippen LogP contribution in [0.5, 0.6) is 0 Å². The first kappa shape index (κ1) is 31.5. The maximum atomic E-state index is 13.1. The number of nitrogens with one attached hydrogen (secondary N) is 1. The molecule has 6 atom stereocenters. The number of benzene rings is 1. The van der Waals surface area contributed by atoms with Gasteiger partial charge in [0, 0.05) is 12.7 Å². The summed E-state index contributed by atoms with van der Waals surface area (Å²) >= 11 is 4.03. The summed E-state index contributed by atoms with van der Waals surface area (Å²) < 4.78 is 49.2. The standard InChI is InChI=1S/C18H23N6O13P3S/c1-20-10-5-3-2-4-9(10)18(26)35-14-13(25)11(6-33-38(27,28)36-39(29,30)37-40(31,32)41)34-17(14)24-8-23-12-15(19)21-7-22-16(12)24/h2-5,7-8,11,13-14,17,20,25H,6H2,1H3,(H,27,28)(H,29,30)(H2,19,21,22)(H2,31,32,41)/t11-,13-,14-,17-/m1/s1. The summed E-state index contributed by atoms with van der Waals surface area (Å²) in [6, 6.07) is 6.35. The number of ether oxygens (including phenoxy) is 2. The Labute approximate surface area is 235 Å². The minimum Gasteiger partial charge on any atom is -0.451 e. The molecule has 0 bridgehead atoms. The summed E-state index contributed by atoms with van der Waals surface area (Å²) in [6.07, 6.45) is -3.70. The molecule has 41 heavy (non-hydrogen) atoms. The van der Waals surface area contributed by atoms with Crippen LogP contribution in [0, 0.1) is 0 Å². The van der Waals surface area contributed by atoms with Crippen LogP contribution in [-0.4, -0.2) is 82.1 Å². The van der Waals surface area contributed by atoms with E-state index < -0.39 is 59.5 Å². The first-order chi connectivity index (χ1) is 19.1. The monoisotopic (exact) mass is 656 g/mol. The number of aliphatic hydroxyl groups is 1. The van der Waals surface area contributed by atoms with Gasteiger partial charge in [-0.3, -0.25) is 9.09 Å². The lowest BCUT2D eigenvalue weighted by Crippen LogP contribution is -2.37. The molecule has 3 aromatic rings. The number of fused-ring (bicyclic) bond motifs is 1. The fourth-order valence-electron chi connectivity index (χ4n) is 3.80. The number of phosphoric ester groups is 1. The third kappa shape index (κ3) is 7.52. The summed E-state index contributed by atoms with van der Waals surface area (Å²) in [7, 11) is -9.46. The Morgan fingerprint density at radius 3 is 2.54 bits per heavy atom. The number of para-hydroxylation sites is 1. The lowest BCUT2D eigenvalue weighted by molar-refractivity contribution is -0.0557. The van der Waals surface area contributed by atoms with Crippen molar-refractivity contribution in [2.75, 3.05) is 24.7 Å². The van der Waals surface area contributed by atoms with Crippen molar-refractivity contribution in [1.82, 2.24) is 19.5 Å². The van der Waals surface area contributed by atoms with E-state index >= 15 is 0 Å². The molecule has 1 saturated heterocycles. The van der Waals surface area contributed by atoms with Crippen LogP contribution in [0.1, 0.15) is 16.6 Å². The Morgan fingerprint density at radius 1 is 1.15 bits per heavy atom. The van der Waals surface area contributed by atoms with Crippen LogP contribution in [0.3, 0.4) is 0 Å². The maximum absolute atomic E-state index is 13.1. The largest absolute Gasteiger partial charge is 0.488 e. The summed E-state index contributed by atoms with van der Waals surface area (Å²) in [5, 5.41) is 13.9. The molecule has 0 aliphatic carbocycles. The van der Waals surface area contributed by atoms with Gasteiger partial charge in [-0.15, -0.1) is 0 Å². The second kappa shape index (κ2) is 12.1. The molecule has 23 heteroatoms. The van der Waals surface area contributed by atoms with Crippen molar-refractivity contribution >= 4 is 62.8 Å². The predicted molar refractivity (Wildman–Crippen MR) is 141 cm³/mol. The van der Waals surface area contributed by atoms with Gasteiger partial charge < -0.3 is 45.2 Å². The van der Waals surface area contributed by atoms with Crippen LogP contribution in [0.4, 0.5) is 11.5 Å². The molecule has 0 amide bonds. The highest BCUT2D eigenvalue weighted by Gasteiger charge is 2.49. The van der Waals surface area contributed by atoms with E-state index in [2.05, 4.69) is 45.2 Å². The highest BCUT2D eigenvalue weighted by molar-refractivity contribution is 8.08. The smallest absolute Gasteiger partial charge is 0.451 e. The molecule has 1 fully saturated rings. The second-order valence-electron chi connectivity index (χ2n) is 8.19. The van der Waals surface area contributed by atoms with Gasteiger partial charge in [0.25, 0.3) is 0 Å². The number of phosphoric acid groups is 2. The van der Waals surface area contributed by atoms with E-state index in [0.29, 0.717) is 5.69 Å². The van der Waals surface area contributed by atoms with Crippen molar-refractivity contribution in [1.29, 1.82) is 0 Å². The van der Waals surface area contributed by atoms with Gasteiger partial charge in [0.1, 0.15) is 24.1 Å². The van der Waals surface area contributed by atoms with Crippen molar-refractivity contribution in [2.45, 2.75) is 24.5 Å². The number of aliphatic hydroxyl groups excluding tert-OH is 1. The van der Waals surface area contributed by atoms with Crippen molar-refractivity contribution in [3.8, 4) is 0 Å². The van der Waals surface area contributed by atoms with Crippen molar-refractivity contribution in [2.24, 2.45) is 0 Å². The van der Waals surface area contributed by atoms with Crippen LogP contribution < -0.4 is 11.1 Å². The highest BCUT2D eigenvalue weighted by Crippen LogP contribution is 2.66. The summed E-state index contributed by atoms with van der Waals surface area (Å²) in [5.74, 6) is -0.847. The zero-order chi connectivity index (χ0) is 30.2. The summed E-state index contributed by atoms with van der Waals surface area (Å²) in [5.41, 5.74) is 6.66. The van der Waals surface area contributed by atoms with Gasteiger partial charge in [-0.2, -0.15) is 4.31 Å². The molecule has 0 spiro atoms. The molecule has 4 rings (SSSR count). The first-order valence-electron chi connectivity index (χ1n) is 11.1. The van der Waals surface area contributed by atoms with Crippen molar-refractivity contribution in [3.05, 3.63) is 42.5 Å². The molecule has 224 valence electrons. The molecule has 3 heterocycles. The zero-order valence-corrected chi connectivity index (χ0v) is 24.1. The summed E-state index contributed by atoms with van der Waals surface area (Å²) in [6.45, 7) is -5.74. The van der Waals surface area contributed by atoms with Gasteiger partial charge in [-0.1, -0.05) is 12.1 Å². The number of carbonyl (C=O) groups excluding carboxylic acids is 1. The predicted octanol–water partition coefficient (Wildman–Crippen LogP) is 0.394. The minimum absolute atomic E-state index is 0.0222. The van der Waals surface area contributed by atoms with E-state index in [1.54, 1.807) is 25.2 Å². The molecule has 0 saturated carbocycles. The quantitative estimate of drug-likeness (QED) is 0.109. The van der Waals surface area contributed by atoms with E-state index in [-0.39, 0.29) is 22.5 Å². The number of esters is 1. The number of hydrogen-bond acceptors (Lipinski definition) is 15. The topological polar surface area (TPSA) is 280 Å². The number of hydrogen-bond donors (Lipinski definition) is 7. The molecule has 1 aliphatic rings. The van der Waals surface area contributed by atoms with Crippen LogP contribution in [0.15, 0.2) is 36.9 Å². The first-order valence-corrected chi connectivity index (χ1v) is 16.7. The van der Waals surface area contributed by atoms with Gasteiger partial charge in [0.15, 0.2) is 23.8 Å². The van der Waals surface area contributed by atoms with Gasteiger partial charge in [-0.05, 0) is 23.9 Å². The summed E-state index contributed by atoms with van der Waals surface area (Å²) in [4.78, 5) is 62.5. The van der Waals surface area contributed by atoms with E-state index in [9.17, 15) is 28.8 Å². The number of anilines is 2. The van der Waals surface area contributed by atoms with Crippen molar-refractivity contribution in [3.63, 3.8) is 0 Å². The number of nitrogens with zero attached hydrogens (tertiary/aromatic N) is 4. The maximum Gasteiger partial charge on any atom is 0.488 e. The van der Waals surface area contributed by atoms with E-state index in [1.807, 2.05) is 0 Å². The Balaban J connectivity index is 1.59. The average Bonchev–Trinajstić information content (AvgIpc) is 3.42. The molecule has 2 aromatic heterocycles. The molecule has 0 radical (unpaired) electrons. The van der Waals surface area contributed by atoms with Crippen LogP contribution in [0.25, 0.3) is 11.2 Å². The molecule has 1 aliphatic heterocycles. The van der Waals surface area contributed by atoms with Gasteiger partial charge in [-0.25, -0.2) is 33.2 Å². The lowest BCUT2D eigenvalue weighted by atomic mass is 10.1. The van der Waals surface area contributed by atoms with Crippen molar-refractivity contribution < 1.29 is 61.2 Å². The number of nitrogen functional groups attached to an aromatic ring is 1. The number of carbonyl (C=O) groups is 1. The molecular formula is C18H23N6O13P3S. The van der Waals surface area contributed by atoms with Gasteiger partial charge in [0.2, 0.25) is 0 Å². The van der Waals surface area contributed by atoms with Gasteiger partial charge >= 0.3 is 28.3 Å². The Kier molecular flexibility index (Phi) is 9.28. The molecule has 8 N–H and O–H groups in total. The highest BCUT2D eigenvalue weighted by atomic mass is 32.5. The van der Waals surface area contributed by atoms with Crippen LogP contribution in [0.2, 0.25) is 0 Å². The fraction of sp³-hybridized carbons (Fsp3) is 0.333. The normalized spacial score (nSPS) is 24.0. The SMILES string of the molecule is CNc1ccccc1C(=O)O[C@@H]1[C@H](O)[C@@H](COP(=O)(O)OP(=O)(O)OP(O)(O)=S)O[C@H]1n1cnc2c(N)ncnc21. The second-order valence-corrected chi connectivity index (χ2v) is 14.0. The molecular weight excluding hydrogens is 633 g/mol. The lowest BCUT2D eigenvalue weighted by Gasteiger charge is -2.22. The Hall–Kier alpha value is -2.41. The minimum atomic E-state index is -5.58. The third-order valence-electron chi connectivity index (χ3n) is 5.45. The number of rotatable bonds is 11. The van der Waals surface area contributed by atoms with E-state index in [1.165, 1.54) is 17.0 Å². The Bertz CT molecular complexity index is 1590. The zero-order valence-electron chi connectivity index (χ0n) is 20.6.